The number of hydrogen-bond acceptors (Lipinski definition) is 4. The molecule has 0 saturated carbocycles. The number of nitrogens with zero attached hydrogens (tertiary/aromatic N) is 3. The predicted molar refractivity (Wildman–Crippen MR) is 110 cm³/mol. The van der Waals surface area contributed by atoms with E-state index in [0.717, 1.165) is 40.1 Å². The fourth-order valence-electron chi connectivity index (χ4n) is 3.62. The molecule has 3 aromatic rings. The summed E-state index contributed by atoms with van der Waals surface area (Å²) in [5.74, 6) is 0.660. The van der Waals surface area contributed by atoms with Crippen LogP contribution in [0.4, 0.5) is 5.69 Å². The summed E-state index contributed by atoms with van der Waals surface area (Å²) in [5, 5.41) is 6.41. The zero-order chi connectivity index (χ0) is 18.6. The van der Waals surface area contributed by atoms with Gasteiger partial charge in [0.15, 0.2) is 0 Å². The van der Waals surface area contributed by atoms with E-state index in [1.54, 1.807) is 0 Å². The molecule has 2 heterocycles. The van der Waals surface area contributed by atoms with Crippen molar-refractivity contribution in [1.29, 1.82) is 0 Å². The summed E-state index contributed by atoms with van der Waals surface area (Å²) in [6.07, 6.45) is 3.65. The summed E-state index contributed by atoms with van der Waals surface area (Å²) < 4.78 is 8.00. The minimum absolute atomic E-state index is 0.660. The van der Waals surface area contributed by atoms with Gasteiger partial charge in [-0.1, -0.05) is 23.7 Å². The van der Waals surface area contributed by atoms with Crippen molar-refractivity contribution in [1.82, 2.24) is 14.7 Å². The molecule has 1 aliphatic heterocycles. The number of nitrogens with two attached hydrogens (primary N) is 1. The molecule has 0 atom stereocenters. The molecule has 0 bridgehead atoms. The van der Waals surface area contributed by atoms with Crippen molar-refractivity contribution < 1.29 is 4.74 Å². The van der Waals surface area contributed by atoms with Crippen LogP contribution in [0.2, 0.25) is 5.02 Å². The number of likely N-dealkylation sites (tertiary alicyclic amines) is 1. The van der Waals surface area contributed by atoms with Crippen LogP contribution < -0.4 is 10.5 Å². The van der Waals surface area contributed by atoms with E-state index in [4.69, 9.17) is 27.2 Å². The molecule has 27 heavy (non-hydrogen) atoms. The molecular weight excluding hydrogens is 360 g/mol. The Bertz CT molecular complexity index is 900. The van der Waals surface area contributed by atoms with E-state index in [1.807, 2.05) is 47.1 Å². The van der Waals surface area contributed by atoms with Crippen LogP contribution in [-0.4, -0.2) is 40.9 Å². The third-order valence-electron chi connectivity index (χ3n) is 5.04. The van der Waals surface area contributed by atoms with Crippen LogP contribution in [-0.2, 0) is 6.54 Å². The van der Waals surface area contributed by atoms with Crippen LogP contribution in [0, 0.1) is 0 Å². The second kappa shape index (κ2) is 8.19. The van der Waals surface area contributed by atoms with E-state index in [1.165, 1.54) is 25.9 Å². The van der Waals surface area contributed by atoms with Gasteiger partial charge in [0, 0.05) is 17.3 Å². The maximum Gasteiger partial charge on any atom is 0.240 e. The van der Waals surface area contributed by atoms with Gasteiger partial charge in [-0.2, -0.15) is 0 Å². The highest BCUT2D eigenvalue weighted by Crippen LogP contribution is 2.28. The van der Waals surface area contributed by atoms with Crippen LogP contribution >= 0.6 is 11.6 Å². The van der Waals surface area contributed by atoms with Gasteiger partial charge in [0.25, 0.3) is 0 Å². The maximum absolute atomic E-state index is 6.04. The quantitative estimate of drug-likeness (QED) is 0.490. The van der Waals surface area contributed by atoms with E-state index in [0.29, 0.717) is 19.0 Å². The number of ether oxygens (including phenoxy) is 1. The van der Waals surface area contributed by atoms with Crippen LogP contribution in [0.25, 0.3) is 10.9 Å². The topological polar surface area (TPSA) is 56.3 Å². The fraction of sp³-hybridized carbons (Fsp3) is 0.381. The minimum Gasteiger partial charge on any atom is -0.476 e. The molecule has 1 saturated heterocycles. The van der Waals surface area contributed by atoms with Gasteiger partial charge in [0.05, 0.1) is 24.1 Å². The van der Waals surface area contributed by atoms with E-state index < -0.39 is 0 Å². The molecule has 1 aliphatic rings. The Morgan fingerprint density at radius 2 is 1.85 bits per heavy atom. The van der Waals surface area contributed by atoms with Crippen molar-refractivity contribution in [2.45, 2.75) is 25.8 Å². The number of fused-ring (bicyclic) bond motifs is 1. The normalized spacial score (nSPS) is 14.9. The Balaban J connectivity index is 1.49. The monoisotopic (exact) mass is 384 g/mol. The summed E-state index contributed by atoms with van der Waals surface area (Å²) in [4.78, 5) is 2.50. The first-order valence-electron chi connectivity index (χ1n) is 9.55. The largest absolute Gasteiger partial charge is 0.476 e. The molecule has 2 N–H and O–H groups in total. The van der Waals surface area contributed by atoms with Crippen LogP contribution in [0.5, 0.6) is 5.88 Å². The summed E-state index contributed by atoms with van der Waals surface area (Å²) in [7, 11) is 0. The van der Waals surface area contributed by atoms with Crippen molar-refractivity contribution in [3.05, 3.63) is 53.1 Å². The van der Waals surface area contributed by atoms with Gasteiger partial charge in [0.2, 0.25) is 5.88 Å². The third-order valence-corrected chi connectivity index (χ3v) is 5.29. The number of halogens is 1. The molecule has 0 spiro atoms. The lowest BCUT2D eigenvalue weighted by atomic mass is 10.2. The number of benzene rings is 2. The molecule has 0 unspecified atom stereocenters. The zero-order valence-electron chi connectivity index (χ0n) is 15.4. The van der Waals surface area contributed by atoms with Crippen LogP contribution in [0.15, 0.2) is 42.5 Å². The SMILES string of the molecule is Nc1ccc2c(c1)c(OCCCN1CCCC1)nn2Cc1ccc(Cl)cc1. The van der Waals surface area contributed by atoms with Crippen LogP contribution in [0.3, 0.4) is 0 Å². The summed E-state index contributed by atoms with van der Waals surface area (Å²) >= 11 is 5.99. The molecule has 5 nitrogen and oxygen atoms in total. The van der Waals surface area contributed by atoms with Gasteiger partial charge in [-0.25, -0.2) is 0 Å². The van der Waals surface area contributed by atoms with E-state index in [9.17, 15) is 0 Å². The maximum atomic E-state index is 6.04. The van der Waals surface area contributed by atoms with E-state index in [-0.39, 0.29) is 0 Å². The Morgan fingerprint density at radius 1 is 1.07 bits per heavy atom. The average Bonchev–Trinajstić information content (AvgIpc) is 3.29. The predicted octanol–water partition coefficient (Wildman–Crippen LogP) is 4.18. The molecular formula is C21H25ClN4O. The summed E-state index contributed by atoms with van der Waals surface area (Å²) in [5.41, 5.74) is 8.87. The standard InChI is InChI=1S/C21H25ClN4O/c22-17-6-4-16(5-7-17)15-26-20-9-8-18(23)14-19(20)21(24-26)27-13-3-12-25-10-1-2-11-25/h4-9,14H,1-3,10-13,15,23H2. The Labute approximate surface area is 164 Å². The first-order valence-corrected chi connectivity index (χ1v) is 9.92. The third kappa shape index (κ3) is 4.37. The lowest BCUT2D eigenvalue weighted by molar-refractivity contribution is 0.257. The molecule has 0 aliphatic carbocycles. The molecule has 1 aromatic heterocycles. The molecule has 4 rings (SSSR count). The Morgan fingerprint density at radius 3 is 2.63 bits per heavy atom. The second-order valence-corrected chi connectivity index (χ2v) is 7.55. The lowest BCUT2D eigenvalue weighted by Crippen LogP contribution is -2.22. The van der Waals surface area contributed by atoms with Gasteiger partial charge in [0.1, 0.15) is 0 Å². The minimum atomic E-state index is 0.660. The highest BCUT2D eigenvalue weighted by molar-refractivity contribution is 6.30. The molecule has 0 amide bonds. The van der Waals surface area contributed by atoms with Gasteiger partial charge < -0.3 is 15.4 Å². The molecule has 0 radical (unpaired) electrons. The van der Waals surface area contributed by atoms with Crippen molar-refractivity contribution in [3.8, 4) is 5.88 Å². The first kappa shape index (κ1) is 18.1. The molecule has 6 heteroatoms. The number of nitrogen functional groups attached to an aromatic ring is 1. The smallest absolute Gasteiger partial charge is 0.240 e. The van der Waals surface area contributed by atoms with Crippen LogP contribution in [0.1, 0.15) is 24.8 Å². The van der Waals surface area contributed by atoms with Crippen molar-refractivity contribution >= 4 is 28.2 Å². The van der Waals surface area contributed by atoms with Gasteiger partial charge >= 0.3 is 0 Å². The average molecular weight is 385 g/mol. The molecule has 142 valence electrons. The first-order chi connectivity index (χ1) is 13.2. The van der Waals surface area contributed by atoms with Crippen molar-refractivity contribution in [3.63, 3.8) is 0 Å². The second-order valence-electron chi connectivity index (χ2n) is 7.12. The Hall–Kier alpha value is -2.24. The lowest BCUT2D eigenvalue weighted by Gasteiger charge is -2.13. The fourth-order valence-corrected chi connectivity index (χ4v) is 3.75. The van der Waals surface area contributed by atoms with Crippen molar-refractivity contribution in [2.24, 2.45) is 0 Å². The highest BCUT2D eigenvalue weighted by atomic mass is 35.5. The molecule has 2 aromatic carbocycles. The van der Waals surface area contributed by atoms with E-state index in [2.05, 4.69) is 4.90 Å². The highest BCUT2D eigenvalue weighted by Gasteiger charge is 2.14. The number of anilines is 1. The van der Waals surface area contributed by atoms with Gasteiger partial charge in [-0.15, -0.1) is 5.10 Å². The number of rotatable bonds is 7. The Kier molecular flexibility index (Phi) is 5.50. The van der Waals surface area contributed by atoms with Gasteiger partial charge in [-0.3, -0.25) is 4.68 Å². The number of aromatic nitrogens is 2. The summed E-state index contributed by atoms with van der Waals surface area (Å²) in [6, 6.07) is 13.7. The van der Waals surface area contributed by atoms with E-state index >= 15 is 0 Å². The van der Waals surface area contributed by atoms with Gasteiger partial charge in [-0.05, 0) is 68.2 Å². The summed E-state index contributed by atoms with van der Waals surface area (Å²) in [6.45, 7) is 4.85. The molecule has 1 fully saturated rings. The van der Waals surface area contributed by atoms with Crippen molar-refractivity contribution in [2.75, 3.05) is 32.0 Å². The number of hydrogen-bond donors (Lipinski definition) is 1. The zero-order valence-corrected chi connectivity index (χ0v) is 16.2.